The fourth-order valence-electron chi connectivity index (χ4n) is 4.99. The molecule has 222 valence electrons. The van der Waals surface area contributed by atoms with Gasteiger partial charge in [0.05, 0.1) is 23.8 Å². The molecule has 0 bridgehead atoms. The van der Waals surface area contributed by atoms with Crippen molar-refractivity contribution < 1.29 is 26.7 Å². The molecule has 1 aromatic heterocycles. The lowest BCUT2D eigenvalue weighted by Gasteiger charge is -2.39. The van der Waals surface area contributed by atoms with Gasteiger partial charge in [-0.3, -0.25) is 4.72 Å². The molecule has 1 atom stereocenters. The number of nitrogens with zero attached hydrogens (tertiary/aromatic N) is 3. The lowest BCUT2D eigenvalue weighted by Crippen LogP contribution is -2.49. The van der Waals surface area contributed by atoms with E-state index in [9.17, 15) is 22.0 Å². The Morgan fingerprint density at radius 3 is 2.59 bits per heavy atom. The van der Waals surface area contributed by atoms with E-state index in [-0.39, 0.29) is 17.8 Å². The summed E-state index contributed by atoms with van der Waals surface area (Å²) >= 11 is 0. The molecule has 9 nitrogen and oxygen atoms in total. The number of hydrogen-bond acceptors (Lipinski definition) is 6. The molecule has 0 spiro atoms. The predicted octanol–water partition coefficient (Wildman–Crippen LogP) is 5.37. The number of benzene rings is 1. The second kappa shape index (κ2) is 13.9. The van der Waals surface area contributed by atoms with E-state index in [2.05, 4.69) is 32.9 Å². The van der Waals surface area contributed by atoms with Crippen molar-refractivity contribution in [2.75, 3.05) is 42.5 Å². The normalized spacial score (nSPS) is 18.0. The Morgan fingerprint density at radius 2 is 1.98 bits per heavy atom. The summed E-state index contributed by atoms with van der Waals surface area (Å²) in [6, 6.07) is 6.05. The molecule has 1 aliphatic heterocycles. The summed E-state index contributed by atoms with van der Waals surface area (Å²) in [7, 11) is -3.37. The number of halogens is 2. The first-order chi connectivity index (χ1) is 19.6. The molecule has 1 unspecified atom stereocenters. The van der Waals surface area contributed by atoms with E-state index in [1.54, 1.807) is 17.0 Å². The molecular formula is C29H37F2N5O4S. The van der Waals surface area contributed by atoms with E-state index in [0.29, 0.717) is 29.8 Å². The number of urea groups is 1. The van der Waals surface area contributed by atoms with Crippen LogP contribution in [0, 0.1) is 17.6 Å². The van der Waals surface area contributed by atoms with Crippen molar-refractivity contribution in [2.45, 2.75) is 45.1 Å². The van der Waals surface area contributed by atoms with E-state index in [4.69, 9.17) is 4.74 Å². The van der Waals surface area contributed by atoms with Gasteiger partial charge in [-0.2, -0.15) is 0 Å². The number of sulfonamides is 1. The Kier molecular flexibility index (Phi) is 10.3. The fraction of sp³-hybridized carbons (Fsp3) is 0.448. The number of anilines is 2. The monoisotopic (exact) mass is 589 g/mol. The van der Waals surface area contributed by atoms with Crippen molar-refractivity contribution >= 4 is 27.4 Å². The standard InChI is InChI=1S/C29H37F2N5O4S/c1-3-4-15-36(29(37)33-27-11-7-22(30)18-26(27)31)24-13-16-35(17-14-24)20-21-5-9-25(10-6-21)40-28-12-8-23(19-32-28)34-41(2,38)39/h5,7-12,18-19,21,24,34H,3-4,6,13-17,20H2,1-2H3,(H,33,37). The van der Waals surface area contributed by atoms with Gasteiger partial charge in [-0.05, 0) is 62.0 Å². The zero-order valence-electron chi connectivity index (χ0n) is 23.4. The number of nitrogens with one attached hydrogen (secondary N) is 2. The molecule has 2 aromatic rings. The number of likely N-dealkylation sites (tertiary alicyclic amines) is 1. The minimum absolute atomic E-state index is 0.0208. The number of allylic oxidation sites excluding steroid dienone is 2. The van der Waals surface area contributed by atoms with Gasteiger partial charge in [0.25, 0.3) is 0 Å². The number of hydrogen-bond donors (Lipinski definition) is 2. The number of rotatable bonds is 11. The number of carbonyl (C=O) groups excluding carboxylic acids is 1. The van der Waals surface area contributed by atoms with Gasteiger partial charge in [0, 0.05) is 44.4 Å². The third kappa shape index (κ3) is 9.25. The number of aromatic nitrogens is 1. The predicted molar refractivity (Wildman–Crippen MR) is 155 cm³/mol. The SMILES string of the molecule is CCCCN(C(=O)Nc1ccc(F)cc1F)C1CCN(CC2C=CC(Oc3ccc(NS(C)(=O)=O)cn3)=CC2)CC1. The molecule has 4 rings (SSSR count). The van der Waals surface area contributed by atoms with Crippen molar-refractivity contribution in [3.05, 3.63) is 72.2 Å². The highest BCUT2D eigenvalue weighted by Gasteiger charge is 2.29. The maximum Gasteiger partial charge on any atom is 0.322 e. The first-order valence-electron chi connectivity index (χ1n) is 13.8. The maximum atomic E-state index is 14.1. The topological polar surface area (TPSA) is 104 Å². The van der Waals surface area contributed by atoms with Crippen molar-refractivity contribution in [3.8, 4) is 5.88 Å². The molecule has 2 amide bonds. The van der Waals surface area contributed by atoms with Crippen LogP contribution in [-0.4, -0.2) is 67.7 Å². The van der Waals surface area contributed by atoms with E-state index in [1.807, 2.05) is 12.2 Å². The van der Waals surface area contributed by atoms with Crippen LogP contribution in [0.25, 0.3) is 0 Å². The largest absolute Gasteiger partial charge is 0.439 e. The molecule has 1 aromatic carbocycles. The summed E-state index contributed by atoms with van der Waals surface area (Å²) in [6.07, 6.45) is 12.8. The minimum Gasteiger partial charge on any atom is -0.439 e. The van der Waals surface area contributed by atoms with Crippen molar-refractivity contribution in [2.24, 2.45) is 5.92 Å². The number of ether oxygens (including phenoxy) is 1. The van der Waals surface area contributed by atoms with Crippen LogP contribution in [0.3, 0.4) is 0 Å². The van der Waals surface area contributed by atoms with Gasteiger partial charge in [-0.25, -0.2) is 27.0 Å². The maximum absolute atomic E-state index is 14.1. The first-order valence-corrected chi connectivity index (χ1v) is 15.7. The Bertz CT molecular complexity index is 1360. The van der Waals surface area contributed by atoms with Crippen LogP contribution >= 0.6 is 0 Å². The highest BCUT2D eigenvalue weighted by Crippen LogP contribution is 2.25. The van der Waals surface area contributed by atoms with Crippen LogP contribution in [0.15, 0.2) is 60.5 Å². The minimum atomic E-state index is -3.37. The number of amides is 2. The van der Waals surface area contributed by atoms with E-state index < -0.39 is 21.7 Å². The van der Waals surface area contributed by atoms with Gasteiger partial charge < -0.3 is 19.9 Å². The molecular weight excluding hydrogens is 552 g/mol. The second-order valence-corrected chi connectivity index (χ2v) is 12.2. The zero-order valence-corrected chi connectivity index (χ0v) is 24.2. The molecule has 1 fully saturated rings. The third-order valence-corrected chi connectivity index (χ3v) is 7.70. The molecule has 2 N–H and O–H groups in total. The van der Waals surface area contributed by atoms with E-state index in [1.165, 1.54) is 12.3 Å². The van der Waals surface area contributed by atoms with E-state index >= 15 is 0 Å². The molecule has 2 heterocycles. The molecule has 41 heavy (non-hydrogen) atoms. The average Bonchev–Trinajstić information content (AvgIpc) is 2.93. The molecule has 1 aliphatic carbocycles. The van der Waals surface area contributed by atoms with Crippen LogP contribution < -0.4 is 14.8 Å². The smallest absolute Gasteiger partial charge is 0.322 e. The summed E-state index contributed by atoms with van der Waals surface area (Å²) < 4.78 is 58.2. The fourth-order valence-corrected chi connectivity index (χ4v) is 5.54. The average molecular weight is 590 g/mol. The molecule has 12 heteroatoms. The highest BCUT2D eigenvalue weighted by molar-refractivity contribution is 7.92. The Morgan fingerprint density at radius 1 is 1.20 bits per heavy atom. The van der Waals surface area contributed by atoms with Gasteiger partial charge in [0.2, 0.25) is 15.9 Å². The van der Waals surface area contributed by atoms with Crippen LogP contribution in [0.2, 0.25) is 0 Å². The van der Waals surface area contributed by atoms with Gasteiger partial charge in [-0.1, -0.05) is 19.4 Å². The second-order valence-electron chi connectivity index (χ2n) is 10.5. The highest BCUT2D eigenvalue weighted by atomic mass is 32.2. The Hall–Kier alpha value is -3.51. The van der Waals surface area contributed by atoms with Crippen LogP contribution in [0.4, 0.5) is 25.0 Å². The number of carbonyl (C=O) groups is 1. The summed E-state index contributed by atoms with van der Waals surface area (Å²) in [5.41, 5.74) is 0.348. The number of piperidine rings is 1. The Balaban J connectivity index is 1.24. The molecule has 0 radical (unpaired) electrons. The Labute approximate surface area is 240 Å². The lowest BCUT2D eigenvalue weighted by molar-refractivity contribution is 0.120. The van der Waals surface area contributed by atoms with Crippen LogP contribution in [0.5, 0.6) is 5.88 Å². The summed E-state index contributed by atoms with van der Waals surface area (Å²) in [5.74, 6) is -0.0847. The summed E-state index contributed by atoms with van der Waals surface area (Å²) in [4.78, 5) is 21.4. The van der Waals surface area contributed by atoms with Crippen molar-refractivity contribution in [3.63, 3.8) is 0 Å². The quantitative estimate of drug-likeness (QED) is 0.365. The zero-order chi connectivity index (χ0) is 29.4. The summed E-state index contributed by atoms with van der Waals surface area (Å²) in [5, 5.41) is 2.63. The lowest BCUT2D eigenvalue weighted by atomic mass is 9.97. The molecule has 2 aliphatic rings. The first kappa shape index (κ1) is 30.4. The van der Waals surface area contributed by atoms with Gasteiger partial charge in [-0.15, -0.1) is 0 Å². The van der Waals surface area contributed by atoms with Crippen LogP contribution in [0.1, 0.15) is 39.0 Å². The summed E-state index contributed by atoms with van der Waals surface area (Å²) in [6.45, 7) is 5.23. The molecule has 0 saturated carbocycles. The van der Waals surface area contributed by atoms with Gasteiger partial charge in [0.15, 0.2) is 0 Å². The van der Waals surface area contributed by atoms with Crippen LogP contribution in [-0.2, 0) is 10.0 Å². The number of pyridine rings is 1. The van der Waals surface area contributed by atoms with Crippen molar-refractivity contribution in [1.82, 2.24) is 14.8 Å². The number of unbranched alkanes of at least 4 members (excludes halogenated alkanes) is 1. The van der Waals surface area contributed by atoms with Gasteiger partial charge in [0.1, 0.15) is 17.4 Å². The van der Waals surface area contributed by atoms with Gasteiger partial charge >= 0.3 is 6.03 Å². The van der Waals surface area contributed by atoms with E-state index in [0.717, 1.165) is 70.1 Å². The molecule has 1 saturated heterocycles. The van der Waals surface area contributed by atoms with Crippen molar-refractivity contribution in [1.29, 1.82) is 0 Å². The third-order valence-electron chi connectivity index (χ3n) is 7.09.